The molecule has 17 heavy (non-hydrogen) atoms. The van der Waals surface area contributed by atoms with Gasteiger partial charge in [-0.15, -0.1) is 0 Å². The van der Waals surface area contributed by atoms with Crippen molar-refractivity contribution in [2.24, 2.45) is 0 Å². The highest BCUT2D eigenvalue weighted by Crippen LogP contribution is 2.16. The molecular weight excluding hydrogens is 241 g/mol. The predicted octanol–water partition coefficient (Wildman–Crippen LogP) is 1.45. The summed E-state index contributed by atoms with van der Waals surface area (Å²) in [7, 11) is 0. The number of urea groups is 1. The summed E-state index contributed by atoms with van der Waals surface area (Å²) in [6.45, 7) is 0.0955. The highest BCUT2D eigenvalue weighted by atomic mass is 19.4. The Bertz CT molecular complexity index is 269. The first-order chi connectivity index (χ1) is 7.76. The molecule has 0 aromatic heterocycles. The van der Waals surface area contributed by atoms with E-state index in [2.05, 4.69) is 5.32 Å². The Balaban J connectivity index is 4.19. The Morgan fingerprint density at radius 3 is 2.35 bits per heavy atom. The summed E-state index contributed by atoms with van der Waals surface area (Å²) in [6, 6.07) is -0.898. The van der Waals surface area contributed by atoms with Crippen LogP contribution in [0, 0.1) is 0 Å². The highest BCUT2D eigenvalue weighted by molar-refractivity contribution is 5.75. The van der Waals surface area contributed by atoms with Gasteiger partial charge >= 0.3 is 18.2 Å². The van der Waals surface area contributed by atoms with E-state index in [4.69, 9.17) is 5.11 Å². The largest absolute Gasteiger partial charge is 0.481 e. The number of nitrogens with zero attached hydrogens (tertiary/aromatic N) is 1. The predicted molar refractivity (Wildman–Crippen MR) is 53.6 cm³/mol. The van der Waals surface area contributed by atoms with Crippen LogP contribution in [-0.4, -0.2) is 47.8 Å². The third-order valence-electron chi connectivity index (χ3n) is 1.77. The van der Waals surface area contributed by atoms with Crippen molar-refractivity contribution >= 4 is 12.0 Å². The van der Waals surface area contributed by atoms with Gasteiger partial charge in [0.25, 0.3) is 0 Å². The molecule has 0 aromatic rings. The molecule has 0 atom stereocenters. The lowest BCUT2D eigenvalue weighted by Crippen LogP contribution is -2.45. The molecule has 0 rings (SSSR count). The van der Waals surface area contributed by atoms with Crippen molar-refractivity contribution in [2.75, 3.05) is 19.6 Å². The second kappa shape index (κ2) is 6.97. The molecule has 0 aliphatic carbocycles. The second-order valence-corrected chi connectivity index (χ2v) is 3.41. The molecular formula is C9H15F3N2O3. The molecule has 100 valence electrons. The first-order valence-corrected chi connectivity index (χ1v) is 5.07. The van der Waals surface area contributed by atoms with E-state index in [1.165, 1.54) is 0 Å². The molecule has 0 bridgehead atoms. The van der Waals surface area contributed by atoms with Gasteiger partial charge < -0.3 is 15.3 Å². The van der Waals surface area contributed by atoms with Crippen molar-refractivity contribution in [3.63, 3.8) is 0 Å². The van der Waals surface area contributed by atoms with Gasteiger partial charge in [0, 0.05) is 13.1 Å². The van der Waals surface area contributed by atoms with E-state index >= 15 is 0 Å². The fourth-order valence-corrected chi connectivity index (χ4v) is 1.13. The van der Waals surface area contributed by atoms with E-state index in [0.29, 0.717) is 11.3 Å². The number of rotatable bonds is 6. The zero-order valence-electron chi connectivity index (χ0n) is 9.38. The highest BCUT2D eigenvalue weighted by Gasteiger charge is 2.32. The molecule has 0 saturated heterocycles. The van der Waals surface area contributed by atoms with E-state index in [1.54, 1.807) is 6.92 Å². The number of alkyl halides is 3. The standard InChI is InChI=1S/C9H15F3N2O3/c1-2-5-14(6-9(10,11)12)8(17)13-4-3-7(15)16/h2-6H2,1H3,(H,13,17)(H,15,16). The van der Waals surface area contributed by atoms with Gasteiger partial charge in [0.15, 0.2) is 0 Å². The molecule has 5 nitrogen and oxygen atoms in total. The van der Waals surface area contributed by atoms with Crippen molar-refractivity contribution in [3.05, 3.63) is 0 Å². The first kappa shape index (κ1) is 15.5. The minimum absolute atomic E-state index is 0.0294. The van der Waals surface area contributed by atoms with Gasteiger partial charge in [-0.05, 0) is 6.42 Å². The number of hydrogen-bond acceptors (Lipinski definition) is 2. The van der Waals surface area contributed by atoms with Crippen LogP contribution in [0.3, 0.4) is 0 Å². The molecule has 2 amide bonds. The summed E-state index contributed by atoms with van der Waals surface area (Å²) in [5.74, 6) is -1.12. The smallest absolute Gasteiger partial charge is 0.406 e. The zero-order valence-corrected chi connectivity index (χ0v) is 9.38. The quantitative estimate of drug-likeness (QED) is 0.755. The van der Waals surface area contributed by atoms with Crippen LogP contribution >= 0.6 is 0 Å². The van der Waals surface area contributed by atoms with Crippen LogP contribution in [0.1, 0.15) is 19.8 Å². The average molecular weight is 256 g/mol. The van der Waals surface area contributed by atoms with Crippen molar-refractivity contribution in [2.45, 2.75) is 25.9 Å². The molecule has 0 heterocycles. The van der Waals surface area contributed by atoms with Gasteiger partial charge in [0.05, 0.1) is 6.42 Å². The van der Waals surface area contributed by atoms with Crippen LogP contribution in [0.15, 0.2) is 0 Å². The van der Waals surface area contributed by atoms with Gasteiger partial charge in [-0.3, -0.25) is 4.79 Å². The zero-order chi connectivity index (χ0) is 13.5. The monoisotopic (exact) mass is 256 g/mol. The fourth-order valence-electron chi connectivity index (χ4n) is 1.13. The van der Waals surface area contributed by atoms with Crippen molar-refractivity contribution in [1.82, 2.24) is 10.2 Å². The fraction of sp³-hybridized carbons (Fsp3) is 0.778. The maximum Gasteiger partial charge on any atom is 0.406 e. The molecule has 0 aliphatic rings. The lowest BCUT2D eigenvalue weighted by atomic mass is 10.4. The van der Waals surface area contributed by atoms with Crippen LogP contribution in [-0.2, 0) is 4.79 Å². The molecule has 2 N–H and O–H groups in total. The number of aliphatic carboxylic acids is 1. The summed E-state index contributed by atoms with van der Waals surface area (Å²) in [4.78, 5) is 22.1. The molecule has 8 heteroatoms. The Morgan fingerprint density at radius 2 is 1.94 bits per heavy atom. The first-order valence-electron chi connectivity index (χ1n) is 5.07. The maximum atomic E-state index is 12.1. The van der Waals surface area contributed by atoms with Gasteiger partial charge in [0.1, 0.15) is 6.54 Å². The van der Waals surface area contributed by atoms with Crippen LogP contribution in [0.4, 0.5) is 18.0 Å². The van der Waals surface area contributed by atoms with Gasteiger partial charge in [-0.25, -0.2) is 4.79 Å². The SMILES string of the molecule is CCCN(CC(F)(F)F)C(=O)NCCC(=O)O. The van der Waals surface area contributed by atoms with E-state index in [-0.39, 0.29) is 19.5 Å². The maximum absolute atomic E-state index is 12.1. The van der Waals surface area contributed by atoms with E-state index in [0.717, 1.165) is 0 Å². The molecule has 0 fully saturated rings. The number of carbonyl (C=O) groups is 2. The van der Waals surface area contributed by atoms with E-state index < -0.39 is 24.7 Å². The molecule has 0 aliphatic heterocycles. The lowest BCUT2D eigenvalue weighted by Gasteiger charge is -2.23. The minimum Gasteiger partial charge on any atom is -0.481 e. The van der Waals surface area contributed by atoms with Crippen molar-refractivity contribution in [1.29, 1.82) is 0 Å². The number of hydrogen-bond donors (Lipinski definition) is 2. The molecule has 0 radical (unpaired) electrons. The Labute approximate surface area is 96.6 Å². The topological polar surface area (TPSA) is 69.6 Å². The third kappa shape index (κ3) is 8.35. The summed E-state index contributed by atoms with van der Waals surface area (Å²) in [6.07, 6.45) is -4.39. The summed E-state index contributed by atoms with van der Waals surface area (Å²) in [5.41, 5.74) is 0. The van der Waals surface area contributed by atoms with Gasteiger partial charge in [0.2, 0.25) is 0 Å². The number of nitrogens with one attached hydrogen (secondary N) is 1. The van der Waals surface area contributed by atoms with Gasteiger partial charge in [-0.1, -0.05) is 6.92 Å². The van der Waals surface area contributed by atoms with Crippen LogP contribution in [0.2, 0.25) is 0 Å². The van der Waals surface area contributed by atoms with Crippen LogP contribution in [0.25, 0.3) is 0 Å². The molecule has 0 unspecified atom stereocenters. The van der Waals surface area contributed by atoms with Gasteiger partial charge in [-0.2, -0.15) is 13.2 Å². The van der Waals surface area contributed by atoms with E-state index in [9.17, 15) is 22.8 Å². The van der Waals surface area contributed by atoms with Crippen molar-refractivity contribution < 1.29 is 27.9 Å². The van der Waals surface area contributed by atoms with Crippen molar-refractivity contribution in [3.8, 4) is 0 Å². The van der Waals surface area contributed by atoms with Crippen LogP contribution in [0.5, 0.6) is 0 Å². The normalized spacial score (nSPS) is 11.1. The van der Waals surface area contributed by atoms with E-state index in [1.807, 2.05) is 0 Å². The molecule has 0 spiro atoms. The summed E-state index contributed by atoms with van der Waals surface area (Å²) < 4.78 is 36.4. The number of amides is 2. The number of carboxylic acids is 1. The Morgan fingerprint density at radius 1 is 1.35 bits per heavy atom. The Hall–Kier alpha value is -1.47. The number of carboxylic acid groups (broad SMARTS) is 1. The summed E-state index contributed by atoms with van der Waals surface area (Å²) in [5, 5.41) is 10.4. The Kier molecular flexibility index (Phi) is 6.37. The number of carbonyl (C=O) groups excluding carboxylic acids is 1. The molecule has 0 saturated carbocycles. The average Bonchev–Trinajstić information content (AvgIpc) is 2.14. The van der Waals surface area contributed by atoms with Crippen LogP contribution < -0.4 is 5.32 Å². The summed E-state index contributed by atoms with van der Waals surface area (Å²) >= 11 is 0. The number of halogens is 3. The molecule has 0 aromatic carbocycles. The third-order valence-corrected chi connectivity index (χ3v) is 1.77. The minimum atomic E-state index is -4.46. The lowest BCUT2D eigenvalue weighted by molar-refractivity contribution is -0.140. The second-order valence-electron chi connectivity index (χ2n) is 3.41.